The van der Waals surface area contributed by atoms with Crippen LogP contribution in [-0.2, 0) is 6.42 Å². The van der Waals surface area contributed by atoms with E-state index in [1.807, 2.05) is 0 Å². The van der Waals surface area contributed by atoms with Crippen LogP contribution in [0.2, 0.25) is 0 Å². The van der Waals surface area contributed by atoms with Gasteiger partial charge in [-0.1, -0.05) is 13.0 Å². The van der Waals surface area contributed by atoms with E-state index >= 15 is 0 Å². The molecule has 0 radical (unpaired) electrons. The maximum atomic E-state index is 9.06. The Bertz CT molecular complexity index is 398. The maximum absolute atomic E-state index is 9.06. The largest absolute Gasteiger partial charge is 0.198 e. The number of rotatable bonds is 3. The smallest absolute Gasteiger partial charge is 0.0659 e. The predicted octanol–water partition coefficient (Wildman–Crippen LogP) is 4.01. The van der Waals surface area contributed by atoms with Gasteiger partial charge in [0.2, 0.25) is 0 Å². The summed E-state index contributed by atoms with van der Waals surface area (Å²) >= 11 is 0. The highest BCUT2D eigenvalue weighted by molar-refractivity contribution is 5.44. The van der Waals surface area contributed by atoms with Crippen molar-refractivity contribution in [2.75, 3.05) is 0 Å². The van der Waals surface area contributed by atoms with Crippen molar-refractivity contribution in [2.45, 2.75) is 47.5 Å². The molecule has 86 valence electrons. The maximum Gasteiger partial charge on any atom is 0.0659 e. The van der Waals surface area contributed by atoms with Crippen LogP contribution in [-0.4, -0.2) is 0 Å². The van der Waals surface area contributed by atoms with Crippen molar-refractivity contribution in [3.05, 3.63) is 33.9 Å². The number of nitrogens with zero attached hydrogens (tertiary/aromatic N) is 1. The molecule has 0 bridgehead atoms. The second-order valence-electron chi connectivity index (χ2n) is 4.68. The average molecular weight is 215 g/mol. The lowest BCUT2D eigenvalue weighted by molar-refractivity contribution is 0.633. The molecule has 16 heavy (non-hydrogen) atoms. The topological polar surface area (TPSA) is 23.8 Å². The molecule has 0 aliphatic carbocycles. The fraction of sp³-hybridized carbons (Fsp3) is 0.533. The summed E-state index contributed by atoms with van der Waals surface area (Å²) in [6.45, 7) is 10.7. The monoisotopic (exact) mass is 215 g/mol. The van der Waals surface area contributed by atoms with E-state index in [2.05, 4.69) is 46.8 Å². The van der Waals surface area contributed by atoms with Crippen molar-refractivity contribution in [2.24, 2.45) is 5.92 Å². The highest BCUT2D eigenvalue weighted by atomic mass is 14.3. The average Bonchev–Trinajstić information content (AvgIpc) is 2.27. The molecule has 1 heteroatoms. The van der Waals surface area contributed by atoms with E-state index in [4.69, 9.17) is 5.26 Å². The van der Waals surface area contributed by atoms with Crippen LogP contribution in [0, 0.1) is 44.9 Å². The summed E-state index contributed by atoms with van der Waals surface area (Å²) in [6.07, 6.45) is 1.83. The summed E-state index contributed by atoms with van der Waals surface area (Å²) in [5.41, 5.74) is 6.77. The molecule has 0 spiro atoms. The molecule has 1 aromatic carbocycles. The highest BCUT2D eigenvalue weighted by Gasteiger charge is 2.13. The van der Waals surface area contributed by atoms with Crippen molar-refractivity contribution in [3.63, 3.8) is 0 Å². The third-order valence-corrected chi connectivity index (χ3v) is 3.65. The molecule has 0 amide bonds. The van der Waals surface area contributed by atoms with Crippen molar-refractivity contribution in [1.29, 1.82) is 5.26 Å². The zero-order valence-corrected chi connectivity index (χ0v) is 11.0. The fourth-order valence-electron chi connectivity index (χ4n) is 2.13. The van der Waals surface area contributed by atoms with Gasteiger partial charge in [0.25, 0.3) is 0 Å². The molecular weight excluding hydrogens is 194 g/mol. The van der Waals surface area contributed by atoms with Gasteiger partial charge in [0, 0.05) is 0 Å². The first kappa shape index (κ1) is 12.8. The van der Waals surface area contributed by atoms with Crippen molar-refractivity contribution >= 4 is 0 Å². The summed E-state index contributed by atoms with van der Waals surface area (Å²) in [6, 6.07) is 4.63. The van der Waals surface area contributed by atoms with Gasteiger partial charge >= 0.3 is 0 Å². The van der Waals surface area contributed by atoms with Crippen LogP contribution < -0.4 is 0 Å². The standard InChI is InChI=1S/C15H21N/c1-6-14(9-16)8-15-12(4)10(2)7-11(3)13(15)5/h7,14H,6,8H2,1-5H3. The van der Waals surface area contributed by atoms with E-state index in [0.29, 0.717) is 0 Å². The SMILES string of the molecule is CCC(C#N)Cc1c(C)c(C)cc(C)c1C. The molecular formula is C15H21N. The Balaban J connectivity index is 3.18. The minimum Gasteiger partial charge on any atom is -0.198 e. The first-order chi connectivity index (χ1) is 7.51. The van der Waals surface area contributed by atoms with Gasteiger partial charge in [-0.05, 0) is 68.4 Å². The third-order valence-electron chi connectivity index (χ3n) is 3.65. The Labute approximate surface area is 99.1 Å². The van der Waals surface area contributed by atoms with Crippen molar-refractivity contribution < 1.29 is 0 Å². The Morgan fingerprint density at radius 1 is 1.12 bits per heavy atom. The van der Waals surface area contributed by atoms with Crippen LogP contribution in [0.25, 0.3) is 0 Å². The molecule has 0 aliphatic rings. The van der Waals surface area contributed by atoms with Gasteiger partial charge in [-0.15, -0.1) is 0 Å². The summed E-state index contributed by atoms with van der Waals surface area (Å²) in [5.74, 6) is 0.151. The van der Waals surface area contributed by atoms with Crippen LogP contribution >= 0.6 is 0 Å². The number of hydrogen-bond acceptors (Lipinski definition) is 1. The second-order valence-corrected chi connectivity index (χ2v) is 4.68. The van der Waals surface area contributed by atoms with Gasteiger partial charge in [0.05, 0.1) is 12.0 Å². The molecule has 0 N–H and O–H groups in total. The van der Waals surface area contributed by atoms with Gasteiger partial charge in [0.1, 0.15) is 0 Å². The summed E-state index contributed by atoms with van der Waals surface area (Å²) in [4.78, 5) is 0. The van der Waals surface area contributed by atoms with E-state index < -0.39 is 0 Å². The molecule has 0 saturated carbocycles. The Morgan fingerprint density at radius 3 is 2.00 bits per heavy atom. The molecule has 1 rings (SSSR count). The second kappa shape index (κ2) is 5.16. The molecule has 1 atom stereocenters. The van der Waals surface area contributed by atoms with Gasteiger partial charge in [-0.3, -0.25) is 0 Å². The molecule has 0 aliphatic heterocycles. The van der Waals surface area contributed by atoms with E-state index in [1.54, 1.807) is 0 Å². The van der Waals surface area contributed by atoms with Crippen LogP contribution in [0.5, 0.6) is 0 Å². The van der Waals surface area contributed by atoms with E-state index in [-0.39, 0.29) is 5.92 Å². The van der Waals surface area contributed by atoms with Crippen LogP contribution in [0.4, 0.5) is 0 Å². The Kier molecular flexibility index (Phi) is 4.12. The quantitative estimate of drug-likeness (QED) is 0.747. The molecule has 1 nitrogen and oxygen atoms in total. The van der Waals surface area contributed by atoms with E-state index in [1.165, 1.54) is 27.8 Å². The van der Waals surface area contributed by atoms with Crippen molar-refractivity contribution in [1.82, 2.24) is 0 Å². The zero-order valence-electron chi connectivity index (χ0n) is 11.0. The lowest BCUT2D eigenvalue weighted by Crippen LogP contribution is -2.06. The summed E-state index contributed by atoms with van der Waals surface area (Å²) in [7, 11) is 0. The van der Waals surface area contributed by atoms with E-state index in [0.717, 1.165) is 12.8 Å². The fourth-order valence-corrected chi connectivity index (χ4v) is 2.13. The number of hydrogen-bond donors (Lipinski definition) is 0. The number of aryl methyl sites for hydroxylation is 2. The lowest BCUT2D eigenvalue weighted by atomic mass is 9.88. The van der Waals surface area contributed by atoms with Crippen LogP contribution in [0.15, 0.2) is 6.07 Å². The van der Waals surface area contributed by atoms with Gasteiger partial charge in [-0.2, -0.15) is 5.26 Å². The van der Waals surface area contributed by atoms with Crippen LogP contribution in [0.1, 0.15) is 41.2 Å². The first-order valence-electron chi connectivity index (χ1n) is 5.97. The first-order valence-corrected chi connectivity index (χ1v) is 5.97. The minimum atomic E-state index is 0.151. The number of benzene rings is 1. The summed E-state index contributed by atoms with van der Waals surface area (Å²) in [5, 5.41) is 9.06. The molecule has 1 aromatic rings. The Morgan fingerprint density at radius 2 is 1.62 bits per heavy atom. The summed E-state index contributed by atoms with van der Waals surface area (Å²) < 4.78 is 0. The zero-order chi connectivity index (χ0) is 12.3. The number of nitriles is 1. The molecule has 0 heterocycles. The van der Waals surface area contributed by atoms with Gasteiger partial charge < -0.3 is 0 Å². The Hall–Kier alpha value is -1.29. The normalized spacial score (nSPS) is 12.2. The molecule has 0 fully saturated rings. The minimum absolute atomic E-state index is 0.151. The highest BCUT2D eigenvalue weighted by Crippen LogP contribution is 2.24. The van der Waals surface area contributed by atoms with Crippen LogP contribution in [0.3, 0.4) is 0 Å². The van der Waals surface area contributed by atoms with E-state index in [9.17, 15) is 0 Å². The molecule has 1 unspecified atom stereocenters. The molecule has 0 saturated heterocycles. The van der Waals surface area contributed by atoms with Gasteiger partial charge in [-0.25, -0.2) is 0 Å². The lowest BCUT2D eigenvalue weighted by Gasteiger charge is -2.17. The third kappa shape index (κ3) is 2.44. The van der Waals surface area contributed by atoms with Gasteiger partial charge in [0.15, 0.2) is 0 Å². The predicted molar refractivity (Wildman–Crippen MR) is 68.5 cm³/mol. The van der Waals surface area contributed by atoms with Crippen molar-refractivity contribution in [3.8, 4) is 6.07 Å². The molecule has 0 aromatic heterocycles.